The van der Waals surface area contributed by atoms with Crippen molar-refractivity contribution in [1.82, 2.24) is 14.9 Å². The third-order valence-corrected chi connectivity index (χ3v) is 4.42. The predicted octanol–water partition coefficient (Wildman–Crippen LogP) is 3.09. The molecule has 0 aliphatic carbocycles. The molecule has 1 aliphatic heterocycles. The number of carbonyl (C=O) groups excluding carboxylic acids is 1. The van der Waals surface area contributed by atoms with E-state index in [0.29, 0.717) is 41.9 Å². The molecule has 26 heavy (non-hydrogen) atoms. The second-order valence-electron chi connectivity index (χ2n) is 6.26. The van der Waals surface area contributed by atoms with E-state index >= 15 is 0 Å². The van der Waals surface area contributed by atoms with Gasteiger partial charge >= 0.3 is 6.18 Å². The Morgan fingerprint density at radius 1 is 1.31 bits per heavy atom. The van der Waals surface area contributed by atoms with E-state index in [-0.39, 0.29) is 11.6 Å². The smallest absolute Gasteiger partial charge is 0.392 e. The Morgan fingerprint density at radius 2 is 2.08 bits per heavy atom. The van der Waals surface area contributed by atoms with Gasteiger partial charge in [-0.25, -0.2) is 4.98 Å². The summed E-state index contributed by atoms with van der Waals surface area (Å²) in [7, 11) is 0. The fourth-order valence-corrected chi connectivity index (χ4v) is 3.01. The first-order chi connectivity index (χ1) is 12.3. The molecular formula is C18H18F3N3O2. The lowest BCUT2D eigenvalue weighted by atomic mass is 10.0. The van der Waals surface area contributed by atoms with Crippen LogP contribution < -0.4 is 0 Å². The van der Waals surface area contributed by atoms with E-state index in [0.717, 1.165) is 12.5 Å². The molecule has 2 aromatic rings. The van der Waals surface area contributed by atoms with Crippen molar-refractivity contribution in [3.05, 3.63) is 46.9 Å². The second kappa shape index (κ2) is 7.03. The first-order valence-corrected chi connectivity index (χ1v) is 8.21. The van der Waals surface area contributed by atoms with Gasteiger partial charge in [0.15, 0.2) is 0 Å². The van der Waals surface area contributed by atoms with E-state index in [9.17, 15) is 23.1 Å². The number of hydrogen-bond donors (Lipinski definition) is 1. The van der Waals surface area contributed by atoms with Crippen molar-refractivity contribution >= 4 is 5.91 Å². The Kier molecular flexibility index (Phi) is 4.95. The van der Waals surface area contributed by atoms with Gasteiger partial charge in [-0.05, 0) is 37.1 Å². The summed E-state index contributed by atoms with van der Waals surface area (Å²) < 4.78 is 39.1. The van der Waals surface area contributed by atoms with Gasteiger partial charge in [-0.3, -0.25) is 9.78 Å². The van der Waals surface area contributed by atoms with Crippen LogP contribution in [0, 0.1) is 6.92 Å². The minimum Gasteiger partial charge on any atom is -0.392 e. The lowest BCUT2D eigenvalue weighted by molar-refractivity contribution is -0.141. The molecule has 1 fully saturated rings. The average molecular weight is 365 g/mol. The number of likely N-dealkylation sites (tertiary alicyclic amines) is 1. The summed E-state index contributed by atoms with van der Waals surface area (Å²) >= 11 is 0. The molecule has 1 amide bonds. The van der Waals surface area contributed by atoms with Gasteiger partial charge in [0.2, 0.25) is 5.91 Å². The van der Waals surface area contributed by atoms with Gasteiger partial charge < -0.3 is 10.0 Å². The minimum atomic E-state index is -4.57. The Labute approximate surface area is 148 Å². The summed E-state index contributed by atoms with van der Waals surface area (Å²) in [6, 6.07) is 4.21. The van der Waals surface area contributed by atoms with Crippen molar-refractivity contribution < 1.29 is 23.1 Å². The Balaban J connectivity index is 1.93. The van der Waals surface area contributed by atoms with Gasteiger partial charge in [-0.15, -0.1) is 0 Å². The summed E-state index contributed by atoms with van der Waals surface area (Å²) in [6.07, 6.45) is -1.79. The van der Waals surface area contributed by atoms with Crippen LogP contribution in [0.15, 0.2) is 24.4 Å². The van der Waals surface area contributed by atoms with Gasteiger partial charge in [-0.1, -0.05) is 0 Å². The van der Waals surface area contributed by atoms with Gasteiger partial charge in [0, 0.05) is 30.3 Å². The molecule has 138 valence electrons. The number of aryl methyl sites for hydroxylation is 1. The molecule has 0 atom stereocenters. The number of carbonyl (C=O) groups is 1. The number of nitrogens with zero attached hydrogens (tertiary/aromatic N) is 3. The number of aromatic nitrogens is 2. The number of halogens is 3. The molecule has 1 N–H and O–H groups in total. The van der Waals surface area contributed by atoms with Crippen LogP contribution in [0.25, 0.3) is 11.3 Å². The molecule has 0 spiro atoms. The van der Waals surface area contributed by atoms with Crippen molar-refractivity contribution in [3.63, 3.8) is 0 Å². The van der Waals surface area contributed by atoms with Crippen LogP contribution in [0.3, 0.4) is 0 Å². The Hall–Kier alpha value is -2.48. The largest absolute Gasteiger partial charge is 0.433 e. The Bertz CT molecular complexity index is 820. The van der Waals surface area contributed by atoms with Crippen LogP contribution in [0.4, 0.5) is 13.2 Å². The maximum Gasteiger partial charge on any atom is 0.433 e. The molecule has 0 saturated carbocycles. The summed E-state index contributed by atoms with van der Waals surface area (Å²) in [4.78, 5) is 21.3. The summed E-state index contributed by atoms with van der Waals surface area (Å²) in [5.74, 6) is 0.0774. The highest BCUT2D eigenvalue weighted by Gasteiger charge is 2.34. The Morgan fingerprint density at radius 3 is 2.62 bits per heavy atom. The topological polar surface area (TPSA) is 66.3 Å². The highest BCUT2D eigenvalue weighted by molar-refractivity contribution is 5.78. The lowest BCUT2D eigenvalue weighted by Crippen LogP contribution is -2.24. The molecule has 0 radical (unpaired) electrons. The maximum atomic E-state index is 13.0. The molecule has 5 nitrogen and oxygen atoms in total. The summed E-state index contributed by atoms with van der Waals surface area (Å²) in [6.45, 7) is 2.15. The summed E-state index contributed by atoms with van der Waals surface area (Å²) in [5, 5.41) is 9.54. The van der Waals surface area contributed by atoms with Crippen molar-refractivity contribution in [2.45, 2.75) is 39.1 Å². The van der Waals surface area contributed by atoms with Crippen molar-refractivity contribution in [3.8, 4) is 11.3 Å². The zero-order chi connectivity index (χ0) is 18.9. The predicted molar refractivity (Wildman–Crippen MR) is 87.8 cm³/mol. The van der Waals surface area contributed by atoms with E-state index in [4.69, 9.17) is 0 Å². The van der Waals surface area contributed by atoms with E-state index in [1.165, 1.54) is 13.1 Å². The number of pyridine rings is 2. The normalized spacial score (nSPS) is 15.0. The van der Waals surface area contributed by atoms with Crippen LogP contribution in [0.1, 0.15) is 35.4 Å². The first kappa shape index (κ1) is 18.3. The van der Waals surface area contributed by atoms with Crippen LogP contribution in [-0.4, -0.2) is 32.4 Å². The van der Waals surface area contributed by atoms with Gasteiger partial charge in [0.05, 0.1) is 24.5 Å². The van der Waals surface area contributed by atoms with Gasteiger partial charge in [-0.2, -0.15) is 13.2 Å². The van der Waals surface area contributed by atoms with Crippen LogP contribution >= 0.6 is 0 Å². The fraction of sp³-hybridized carbons (Fsp3) is 0.389. The van der Waals surface area contributed by atoms with E-state index in [1.807, 2.05) is 0 Å². The highest BCUT2D eigenvalue weighted by Crippen LogP contribution is 2.33. The van der Waals surface area contributed by atoms with Crippen LogP contribution in [0.5, 0.6) is 0 Å². The molecule has 3 rings (SSSR count). The molecule has 3 heterocycles. The van der Waals surface area contributed by atoms with E-state index in [2.05, 4.69) is 9.97 Å². The van der Waals surface area contributed by atoms with Crippen molar-refractivity contribution in [2.24, 2.45) is 0 Å². The zero-order valence-corrected chi connectivity index (χ0v) is 14.2. The zero-order valence-electron chi connectivity index (χ0n) is 14.2. The quantitative estimate of drug-likeness (QED) is 0.904. The van der Waals surface area contributed by atoms with E-state index in [1.54, 1.807) is 17.0 Å². The molecule has 8 heteroatoms. The highest BCUT2D eigenvalue weighted by atomic mass is 19.4. The molecule has 2 aromatic heterocycles. The van der Waals surface area contributed by atoms with Crippen molar-refractivity contribution in [1.29, 1.82) is 0 Å². The second-order valence-corrected chi connectivity index (χ2v) is 6.26. The number of rotatable bonds is 4. The standard InChI is InChI=1S/C18H18F3N3O2/c1-11-7-15(18(19,20)21)23-17(14(11)10-25)12-4-5-13(22-8-12)9-24-6-2-3-16(24)26/h4-5,7-8,25H,2-3,6,9-10H2,1H3. The third kappa shape index (κ3) is 3.70. The number of amides is 1. The van der Waals surface area contributed by atoms with Crippen LogP contribution in [-0.2, 0) is 24.1 Å². The fourth-order valence-electron chi connectivity index (χ4n) is 3.01. The van der Waals surface area contributed by atoms with Crippen LogP contribution in [0.2, 0.25) is 0 Å². The summed E-state index contributed by atoms with van der Waals surface area (Å²) in [5.41, 5.74) is 0.752. The molecular weight excluding hydrogens is 347 g/mol. The number of aliphatic hydroxyl groups is 1. The molecule has 0 bridgehead atoms. The number of hydrogen-bond acceptors (Lipinski definition) is 4. The van der Waals surface area contributed by atoms with Gasteiger partial charge in [0.1, 0.15) is 5.69 Å². The SMILES string of the molecule is Cc1cc(C(F)(F)F)nc(-c2ccc(CN3CCCC3=O)nc2)c1CO. The van der Waals surface area contributed by atoms with E-state index < -0.39 is 18.5 Å². The average Bonchev–Trinajstić information content (AvgIpc) is 2.99. The molecule has 1 saturated heterocycles. The number of aliphatic hydroxyl groups excluding tert-OH is 1. The third-order valence-electron chi connectivity index (χ3n) is 4.42. The minimum absolute atomic E-state index is 0.0659. The van der Waals surface area contributed by atoms with Gasteiger partial charge in [0.25, 0.3) is 0 Å². The number of alkyl halides is 3. The molecule has 0 aromatic carbocycles. The first-order valence-electron chi connectivity index (χ1n) is 8.21. The maximum absolute atomic E-state index is 13.0. The molecule has 1 aliphatic rings. The monoisotopic (exact) mass is 365 g/mol. The van der Waals surface area contributed by atoms with Crippen molar-refractivity contribution in [2.75, 3.05) is 6.54 Å². The molecule has 0 unspecified atom stereocenters. The lowest BCUT2D eigenvalue weighted by Gasteiger charge is -2.16.